The molecule has 1 aromatic heterocycles. The summed E-state index contributed by atoms with van der Waals surface area (Å²) >= 11 is 6.27. The molecule has 0 amide bonds. The molecule has 1 aliphatic carbocycles. The van der Waals surface area contributed by atoms with Crippen LogP contribution in [0, 0.1) is 5.41 Å². The van der Waals surface area contributed by atoms with E-state index in [2.05, 4.69) is 21.8 Å². The van der Waals surface area contributed by atoms with Crippen LogP contribution in [-0.2, 0) is 6.42 Å². The minimum atomic E-state index is 0.637. The van der Waals surface area contributed by atoms with E-state index >= 15 is 0 Å². The number of rotatable bonds is 3. The Bertz CT molecular complexity index is 459. The quantitative estimate of drug-likeness (QED) is 0.781. The highest BCUT2D eigenvalue weighted by Gasteiger charge is 2.37. The topological polar surface area (TPSA) is 29.0 Å². The highest BCUT2D eigenvalue weighted by atomic mass is 35.5. The molecule has 2 fully saturated rings. The summed E-state index contributed by atoms with van der Waals surface area (Å²) in [6.45, 7) is 4.44. The molecule has 0 N–H and O–H groups in total. The lowest BCUT2D eigenvalue weighted by Crippen LogP contribution is -2.39. The predicted molar refractivity (Wildman–Crippen MR) is 83.4 cm³/mol. The molecule has 1 aliphatic heterocycles. The lowest BCUT2D eigenvalue weighted by molar-refractivity contribution is 0.226. The van der Waals surface area contributed by atoms with Gasteiger partial charge in [-0.1, -0.05) is 37.8 Å². The minimum absolute atomic E-state index is 0.637. The Morgan fingerprint density at radius 3 is 2.50 bits per heavy atom. The summed E-state index contributed by atoms with van der Waals surface area (Å²) < 4.78 is 0. The van der Waals surface area contributed by atoms with Crippen LogP contribution in [0.2, 0.25) is 5.15 Å². The van der Waals surface area contributed by atoms with Gasteiger partial charge < -0.3 is 4.90 Å². The summed E-state index contributed by atoms with van der Waals surface area (Å²) in [5.41, 5.74) is 1.79. The molecular weight excluding hydrogens is 270 g/mol. The second-order valence-corrected chi connectivity index (χ2v) is 6.77. The van der Waals surface area contributed by atoms with E-state index < -0.39 is 0 Å². The molecule has 1 spiro atoms. The smallest absolute Gasteiger partial charge is 0.137 e. The zero-order valence-electron chi connectivity index (χ0n) is 12.4. The third-order valence-electron chi connectivity index (χ3n) is 5.16. The summed E-state index contributed by atoms with van der Waals surface area (Å²) in [7, 11) is 0. The average molecular weight is 294 g/mol. The van der Waals surface area contributed by atoms with E-state index in [0.29, 0.717) is 10.6 Å². The molecule has 0 bridgehead atoms. The second-order valence-electron chi connectivity index (χ2n) is 6.41. The lowest BCUT2D eigenvalue weighted by atomic mass is 9.77. The van der Waals surface area contributed by atoms with Crippen LogP contribution >= 0.6 is 11.6 Å². The Balaban J connectivity index is 1.76. The van der Waals surface area contributed by atoms with Gasteiger partial charge in [0.25, 0.3) is 0 Å². The van der Waals surface area contributed by atoms with Gasteiger partial charge in [-0.05, 0) is 37.5 Å². The molecule has 0 unspecified atom stereocenters. The Kier molecular flexibility index (Phi) is 4.16. The molecule has 1 saturated heterocycles. The number of anilines is 1. The van der Waals surface area contributed by atoms with E-state index in [0.717, 1.165) is 37.3 Å². The first-order valence-corrected chi connectivity index (χ1v) is 8.36. The number of halogens is 1. The van der Waals surface area contributed by atoms with Crippen molar-refractivity contribution in [2.24, 2.45) is 5.41 Å². The number of hydrogen-bond donors (Lipinski definition) is 0. The summed E-state index contributed by atoms with van der Waals surface area (Å²) in [6.07, 6.45) is 12.0. The van der Waals surface area contributed by atoms with E-state index in [1.165, 1.54) is 38.5 Å². The van der Waals surface area contributed by atoms with E-state index in [9.17, 15) is 0 Å². The van der Waals surface area contributed by atoms with Crippen LogP contribution in [0.3, 0.4) is 0 Å². The highest BCUT2D eigenvalue weighted by molar-refractivity contribution is 6.30. The fourth-order valence-corrected chi connectivity index (χ4v) is 4.16. The molecule has 110 valence electrons. The van der Waals surface area contributed by atoms with Crippen molar-refractivity contribution >= 4 is 17.4 Å². The van der Waals surface area contributed by atoms with Crippen molar-refractivity contribution in [3.8, 4) is 0 Å². The number of piperidine rings is 1. The maximum Gasteiger partial charge on any atom is 0.137 e. The standard InChI is InChI=1S/C16H24ClN3/c1-2-5-13-14(17)18-12-19-15(13)20-10-8-16(9-11-20)6-3-4-7-16/h12H,2-11H2,1H3. The first-order valence-electron chi connectivity index (χ1n) is 7.98. The van der Waals surface area contributed by atoms with Crippen molar-refractivity contribution in [1.29, 1.82) is 0 Å². The Morgan fingerprint density at radius 2 is 1.85 bits per heavy atom. The van der Waals surface area contributed by atoms with E-state index in [4.69, 9.17) is 11.6 Å². The molecular formula is C16H24ClN3. The fourth-order valence-electron chi connectivity index (χ4n) is 3.94. The molecule has 20 heavy (non-hydrogen) atoms. The predicted octanol–water partition coefficient (Wildman–Crippen LogP) is 4.24. The van der Waals surface area contributed by atoms with Crippen molar-refractivity contribution < 1.29 is 0 Å². The van der Waals surface area contributed by atoms with Crippen LogP contribution < -0.4 is 4.90 Å². The van der Waals surface area contributed by atoms with Crippen molar-refractivity contribution in [3.05, 3.63) is 17.0 Å². The van der Waals surface area contributed by atoms with Gasteiger partial charge in [0.05, 0.1) is 0 Å². The summed E-state index contributed by atoms with van der Waals surface area (Å²) in [6, 6.07) is 0. The molecule has 3 rings (SSSR count). The number of aromatic nitrogens is 2. The van der Waals surface area contributed by atoms with Gasteiger partial charge in [0.15, 0.2) is 0 Å². The SMILES string of the molecule is CCCc1c(Cl)ncnc1N1CCC2(CCCC2)CC1. The maximum atomic E-state index is 6.27. The molecule has 3 nitrogen and oxygen atoms in total. The van der Waals surface area contributed by atoms with Crippen LogP contribution in [0.25, 0.3) is 0 Å². The van der Waals surface area contributed by atoms with Gasteiger partial charge in [-0.2, -0.15) is 0 Å². The molecule has 0 atom stereocenters. The van der Waals surface area contributed by atoms with Gasteiger partial charge in [-0.3, -0.25) is 0 Å². The zero-order valence-corrected chi connectivity index (χ0v) is 13.1. The summed E-state index contributed by atoms with van der Waals surface area (Å²) in [5, 5.41) is 0.637. The van der Waals surface area contributed by atoms with Crippen LogP contribution in [0.15, 0.2) is 6.33 Å². The molecule has 0 radical (unpaired) electrons. The van der Waals surface area contributed by atoms with Gasteiger partial charge in [-0.15, -0.1) is 0 Å². The number of hydrogen-bond acceptors (Lipinski definition) is 3. The monoisotopic (exact) mass is 293 g/mol. The molecule has 1 saturated carbocycles. The van der Waals surface area contributed by atoms with Crippen molar-refractivity contribution in [1.82, 2.24) is 9.97 Å². The maximum absolute atomic E-state index is 6.27. The number of nitrogens with zero attached hydrogens (tertiary/aromatic N) is 3. The Labute approximate surface area is 126 Å². The Hall–Kier alpha value is -0.830. The lowest BCUT2D eigenvalue weighted by Gasteiger charge is -2.40. The molecule has 4 heteroatoms. The third-order valence-corrected chi connectivity index (χ3v) is 5.48. The van der Waals surface area contributed by atoms with Gasteiger partial charge >= 0.3 is 0 Å². The Morgan fingerprint density at radius 1 is 1.15 bits per heavy atom. The minimum Gasteiger partial charge on any atom is -0.356 e. The van der Waals surface area contributed by atoms with Gasteiger partial charge in [-0.25, -0.2) is 9.97 Å². The normalized spacial score (nSPS) is 21.6. The van der Waals surface area contributed by atoms with Crippen molar-refractivity contribution in [3.63, 3.8) is 0 Å². The molecule has 2 heterocycles. The molecule has 1 aromatic rings. The van der Waals surface area contributed by atoms with Crippen molar-refractivity contribution in [2.45, 2.75) is 58.3 Å². The van der Waals surface area contributed by atoms with Gasteiger partial charge in [0.1, 0.15) is 17.3 Å². The first-order chi connectivity index (χ1) is 9.74. The van der Waals surface area contributed by atoms with Crippen LogP contribution in [0.1, 0.15) is 57.4 Å². The van der Waals surface area contributed by atoms with Crippen LogP contribution in [0.4, 0.5) is 5.82 Å². The summed E-state index contributed by atoms with van der Waals surface area (Å²) in [5.74, 6) is 1.08. The zero-order chi connectivity index (χ0) is 14.0. The highest BCUT2D eigenvalue weighted by Crippen LogP contribution is 2.46. The summed E-state index contributed by atoms with van der Waals surface area (Å²) in [4.78, 5) is 11.1. The second kappa shape index (κ2) is 5.88. The van der Waals surface area contributed by atoms with E-state index in [1.807, 2.05) is 0 Å². The largest absolute Gasteiger partial charge is 0.356 e. The fraction of sp³-hybridized carbons (Fsp3) is 0.750. The van der Waals surface area contributed by atoms with Crippen LogP contribution in [-0.4, -0.2) is 23.1 Å². The van der Waals surface area contributed by atoms with Gasteiger partial charge in [0, 0.05) is 18.7 Å². The van der Waals surface area contributed by atoms with Crippen molar-refractivity contribution in [2.75, 3.05) is 18.0 Å². The first kappa shape index (κ1) is 14.1. The van der Waals surface area contributed by atoms with Crippen LogP contribution in [0.5, 0.6) is 0 Å². The average Bonchev–Trinajstić information content (AvgIpc) is 2.91. The molecule has 0 aromatic carbocycles. The third kappa shape index (κ3) is 2.65. The molecule has 2 aliphatic rings. The van der Waals surface area contributed by atoms with E-state index in [1.54, 1.807) is 6.33 Å². The van der Waals surface area contributed by atoms with Gasteiger partial charge in [0.2, 0.25) is 0 Å². The van der Waals surface area contributed by atoms with E-state index in [-0.39, 0.29) is 0 Å².